The molecule has 1 aliphatic carbocycles. The first-order valence-corrected chi connectivity index (χ1v) is 5.06. The van der Waals surface area contributed by atoms with Crippen LogP contribution in [-0.2, 0) is 0 Å². The molecule has 0 bridgehead atoms. The van der Waals surface area contributed by atoms with E-state index in [-0.39, 0.29) is 17.5 Å². The quantitative estimate of drug-likeness (QED) is 0.572. The molecule has 0 aromatic carbocycles. The smallest absolute Gasteiger partial charge is 0.337 e. The number of aromatic nitrogens is 1. The minimum absolute atomic E-state index is 0.00750. The first-order chi connectivity index (χ1) is 7.59. The van der Waals surface area contributed by atoms with Crippen molar-refractivity contribution < 1.29 is 9.66 Å². The van der Waals surface area contributed by atoms with Gasteiger partial charge in [0.25, 0.3) is 0 Å². The number of hydrogen-bond donors (Lipinski definition) is 0. The maximum Gasteiger partial charge on any atom is 0.337 e. The van der Waals surface area contributed by atoms with Gasteiger partial charge in [-0.2, -0.15) is 0 Å². The van der Waals surface area contributed by atoms with Crippen LogP contribution in [0.2, 0.25) is 0 Å². The maximum atomic E-state index is 11.0. The van der Waals surface area contributed by atoms with E-state index < -0.39 is 4.92 Å². The van der Waals surface area contributed by atoms with Crippen molar-refractivity contribution in [2.75, 3.05) is 19.0 Å². The van der Waals surface area contributed by atoms with E-state index >= 15 is 0 Å². The second-order valence-electron chi connectivity index (χ2n) is 3.97. The van der Waals surface area contributed by atoms with Crippen LogP contribution in [0.3, 0.4) is 0 Å². The molecule has 1 saturated carbocycles. The van der Waals surface area contributed by atoms with Crippen molar-refractivity contribution >= 4 is 11.4 Å². The molecular weight excluding hydrogens is 210 g/mol. The summed E-state index contributed by atoms with van der Waals surface area (Å²) < 4.78 is 5.48. The van der Waals surface area contributed by atoms with Gasteiger partial charge in [-0.05, 0) is 12.8 Å². The molecule has 0 saturated heterocycles. The zero-order valence-corrected chi connectivity index (χ0v) is 9.21. The summed E-state index contributed by atoms with van der Waals surface area (Å²) in [5, 5.41) is 11.0. The van der Waals surface area contributed by atoms with Gasteiger partial charge >= 0.3 is 5.69 Å². The van der Waals surface area contributed by atoms with E-state index in [1.165, 1.54) is 12.4 Å². The van der Waals surface area contributed by atoms with E-state index in [1.54, 1.807) is 19.0 Å². The summed E-state index contributed by atoms with van der Waals surface area (Å²) in [6, 6.07) is 0. The molecule has 0 spiro atoms. The van der Waals surface area contributed by atoms with E-state index in [2.05, 4.69) is 4.98 Å². The number of anilines is 1. The van der Waals surface area contributed by atoms with Gasteiger partial charge in [0.2, 0.25) is 5.75 Å². The summed E-state index contributed by atoms with van der Waals surface area (Å²) in [6.07, 6.45) is 4.92. The fourth-order valence-corrected chi connectivity index (χ4v) is 1.39. The van der Waals surface area contributed by atoms with Crippen LogP contribution in [0.15, 0.2) is 12.4 Å². The largest absolute Gasteiger partial charge is 0.482 e. The molecule has 0 amide bonds. The highest BCUT2D eigenvalue weighted by atomic mass is 16.6. The third-order valence-corrected chi connectivity index (χ3v) is 2.35. The number of nitrogens with zero attached hydrogens (tertiary/aromatic N) is 3. The van der Waals surface area contributed by atoms with Gasteiger partial charge in [0, 0.05) is 14.1 Å². The Kier molecular flexibility index (Phi) is 2.64. The molecule has 1 aliphatic rings. The molecule has 0 unspecified atom stereocenters. The van der Waals surface area contributed by atoms with Crippen molar-refractivity contribution in [1.29, 1.82) is 0 Å². The summed E-state index contributed by atoms with van der Waals surface area (Å²) in [5.74, 6) is 0.263. The van der Waals surface area contributed by atoms with Crippen molar-refractivity contribution in [1.82, 2.24) is 4.98 Å². The third kappa shape index (κ3) is 2.05. The molecule has 1 fully saturated rings. The Morgan fingerprint density at radius 1 is 1.50 bits per heavy atom. The van der Waals surface area contributed by atoms with Crippen LogP contribution in [0.25, 0.3) is 0 Å². The Hall–Kier alpha value is -1.85. The lowest BCUT2D eigenvalue weighted by Crippen LogP contribution is -2.12. The predicted molar refractivity (Wildman–Crippen MR) is 58.9 cm³/mol. The van der Waals surface area contributed by atoms with Crippen LogP contribution in [-0.4, -0.2) is 30.1 Å². The molecule has 1 heterocycles. The topological polar surface area (TPSA) is 68.5 Å². The van der Waals surface area contributed by atoms with E-state index in [0.29, 0.717) is 5.69 Å². The molecule has 1 aromatic heterocycles. The lowest BCUT2D eigenvalue weighted by Gasteiger charge is -2.14. The standard InChI is InChI=1S/C10H13N3O3/c1-12(2)8-5-11-6-9(10(8)13(14)15)16-7-3-4-7/h5-7H,3-4H2,1-2H3. The average molecular weight is 223 g/mol. The van der Waals surface area contributed by atoms with Crippen LogP contribution in [0.5, 0.6) is 5.75 Å². The van der Waals surface area contributed by atoms with Crippen LogP contribution in [0.1, 0.15) is 12.8 Å². The van der Waals surface area contributed by atoms with E-state index in [0.717, 1.165) is 12.8 Å². The second-order valence-corrected chi connectivity index (χ2v) is 3.97. The normalized spacial score (nSPS) is 14.6. The van der Waals surface area contributed by atoms with Gasteiger partial charge < -0.3 is 9.64 Å². The van der Waals surface area contributed by atoms with Crippen molar-refractivity contribution in [2.24, 2.45) is 0 Å². The molecule has 0 aliphatic heterocycles. The monoisotopic (exact) mass is 223 g/mol. The number of hydrogen-bond acceptors (Lipinski definition) is 5. The number of rotatable bonds is 4. The SMILES string of the molecule is CN(C)c1cncc(OC2CC2)c1[N+](=O)[O-]. The van der Waals surface area contributed by atoms with Crippen LogP contribution >= 0.6 is 0 Å². The Morgan fingerprint density at radius 2 is 2.19 bits per heavy atom. The lowest BCUT2D eigenvalue weighted by molar-refractivity contribution is -0.385. The molecular formula is C10H13N3O3. The highest BCUT2D eigenvalue weighted by Gasteiger charge is 2.29. The van der Waals surface area contributed by atoms with Gasteiger partial charge in [-0.1, -0.05) is 0 Å². The third-order valence-electron chi connectivity index (χ3n) is 2.35. The highest BCUT2D eigenvalue weighted by Crippen LogP contribution is 2.38. The maximum absolute atomic E-state index is 11.0. The van der Waals surface area contributed by atoms with Gasteiger partial charge in [0.05, 0.1) is 23.4 Å². The number of pyridine rings is 1. The highest BCUT2D eigenvalue weighted by molar-refractivity contribution is 5.67. The fraction of sp³-hybridized carbons (Fsp3) is 0.500. The van der Waals surface area contributed by atoms with Gasteiger partial charge in [-0.15, -0.1) is 0 Å². The molecule has 0 radical (unpaired) electrons. The van der Waals surface area contributed by atoms with Gasteiger partial charge in [0.15, 0.2) is 0 Å². The summed E-state index contributed by atoms with van der Waals surface area (Å²) in [4.78, 5) is 16.2. The second kappa shape index (κ2) is 3.96. The molecule has 86 valence electrons. The Balaban J connectivity index is 2.41. The summed E-state index contributed by atoms with van der Waals surface area (Å²) in [7, 11) is 3.48. The average Bonchev–Trinajstić information content (AvgIpc) is 3.00. The van der Waals surface area contributed by atoms with Gasteiger partial charge in [-0.3, -0.25) is 15.1 Å². The van der Waals surface area contributed by atoms with Crippen LogP contribution < -0.4 is 9.64 Å². The minimum Gasteiger partial charge on any atom is -0.482 e. The molecule has 0 N–H and O–H groups in total. The van der Waals surface area contributed by atoms with Crippen molar-refractivity contribution in [3.05, 3.63) is 22.5 Å². The summed E-state index contributed by atoms with van der Waals surface area (Å²) in [5.41, 5.74) is 0.454. The fourth-order valence-electron chi connectivity index (χ4n) is 1.39. The minimum atomic E-state index is -0.422. The zero-order chi connectivity index (χ0) is 11.7. The molecule has 0 atom stereocenters. The number of ether oxygens (including phenoxy) is 1. The lowest BCUT2D eigenvalue weighted by atomic mass is 10.3. The van der Waals surface area contributed by atoms with Gasteiger partial charge in [0.1, 0.15) is 5.69 Å². The first kappa shape index (κ1) is 10.7. The summed E-state index contributed by atoms with van der Waals surface area (Å²) >= 11 is 0. The Morgan fingerprint density at radius 3 is 2.69 bits per heavy atom. The Labute approximate surface area is 93.0 Å². The van der Waals surface area contributed by atoms with Crippen molar-refractivity contribution in [3.8, 4) is 5.75 Å². The van der Waals surface area contributed by atoms with Gasteiger partial charge in [-0.25, -0.2) is 0 Å². The van der Waals surface area contributed by atoms with E-state index in [9.17, 15) is 10.1 Å². The first-order valence-electron chi connectivity index (χ1n) is 5.06. The van der Waals surface area contributed by atoms with E-state index in [1.807, 2.05) is 0 Å². The van der Waals surface area contributed by atoms with Crippen LogP contribution in [0, 0.1) is 10.1 Å². The van der Waals surface area contributed by atoms with Crippen molar-refractivity contribution in [3.63, 3.8) is 0 Å². The summed E-state index contributed by atoms with van der Waals surface area (Å²) in [6.45, 7) is 0. The predicted octanol–water partition coefficient (Wildman–Crippen LogP) is 1.60. The molecule has 1 aromatic rings. The molecule has 6 heteroatoms. The Bertz CT molecular complexity index is 416. The zero-order valence-electron chi connectivity index (χ0n) is 9.21. The molecule has 2 rings (SSSR count). The molecule has 16 heavy (non-hydrogen) atoms. The molecule has 6 nitrogen and oxygen atoms in total. The van der Waals surface area contributed by atoms with Crippen LogP contribution in [0.4, 0.5) is 11.4 Å². The number of nitro groups is 1. The van der Waals surface area contributed by atoms with E-state index in [4.69, 9.17) is 4.74 Å². The van der Waals surface area contributed by atoms with Crippen molar-refractivity contribution in [2.45, 2.75) is 18.9 Å².